The summed E-state index contributed by atoms with van der Waals surface area (Å²) in [5.41, 5.74) is 2.74. The molecule has 0 aliphatic heterocycles. The van der Waals surface area contributed by atoms with Gasteiger partial charge in [0.15, 0.2) is 0 Å². The lowest BCUT2D eigenvalue weighted by Crippen LogP contribution is -2.32. The van der Waals surface area contributed by atoms with E-state index >= 15 is 0 Å². The van der Waals surface area contributed by atoms with Crippen LogP contribution in [0.4, 0.5) is 4.79 Å². The smallest absolute Gasteiger partial charge is 0.407 e. The normalized spacial score (nSPS) is 11.5. The van der Waals surface area contributed by atoms with Gasteiger partial charge in [0.25, 0.3) is 0 Å². The highest BCUT2D eigenvalue weighted by Crippen LogP contribution is 2.19. The minimum absolute atomic E-state index is 0.0149. The summed E-state index contributed by atoms with van der Waals surface area (Å²) in [6.45, 7) is 5.72. The maximum Gasteiger partial charge on any atom is 0.407 e. The zero-order valence-electron chi connectivity index (χ0n) is 15.1. The van der Waals surface area contributed by atoms with Crippen molar-refractivity contribution in [3.63, 3.8) is 0 Å². The number of carbonyl (C=O) groups is 1. The Morgan fingerprint density at radius 1 is 1.19 bits per heavy atom. The molecule has 0 aliphatic rings. The third kappa shape index (κ3) is 4.37. The fourth-order valence-electron chi connectivity index (χ4n) is 2.40. The number of fused-ring (bicyclic) bond motifs is 1. The molecular formula is C19H22N4O3. The number of imidazole rings is 1. The van der Waals surface area contributed by atoms with Crippen molar-refractivity contribution in [2.45, 2.75) is 39.5 Å². The van der Waals surface area contributed by atoms with Crippen molar-refractivity contribution in [2.75, 3.05) is 0 Å². The summed E-state index contributed by atoms with van der Waals surface area (Å²) in [5, 5.41) is 11.8. The molecule has 0 atom stereocenters. The fourth-order valence-corrected chi connectivity index (χ4v) is 2.40. The van der Waals surface area contributed by atoms with Gasteiger partial charge in [-0.3, -0.25) is 4.40 Å². The first kappa shape index (κ1) is 17.9. The van der Waals surface area contributed by atoms with Crippen LogP contribution < -0.4 is 5.32 Å². The van der Waals surface area contributed by atoms with Crippen molar-refractivity contribution >= 4 is 11.9 Å². The molecule has 0 aliphatic carbocycles. The van der Waals surface area contributed by atoms with Crippen LogP contribution in [-0.4, -0.2) is 31.2 Å². The monoisotopic (exact) mass is 354 g/mol. The van der Waals surface area contributed by atoms with Gasteiger partial charge in [-0.25, -0.2) is 14.8 Å². The fraction of sp³-hybridized carbons (Fsp3) is 0.316. The van der Waals surface area contributed by atoms with E-state index in [2.05, 4.69) is 15.3 Å². The SMILES string of the molecule is CC(C)(C)OC(=O)NCc1ccn2cc(-c3ccc(CO)cc3)nc2n1. The Bertz CT molecular complexity index is 911. The number of rotatable bonds is 4. The molecule has 0 fully saturated rings. The lowest BCUT2D eigenvalue weighted by Gasteiger charge is -2.19. The molecule has 7 nitrogen and oxygen atoms in total. The molecule has 3 aromatic rings. The molecule has 1 amide bonds. The van der Waals surface area contributed by atoms with E-state index in [1.807, 2.05) is 67.9 Å². The topological polar surface area (TPSA) is 88.8 Å². The molecule has 0 unspecified atom stereocenters. The van der Waals surface area contributed by atoms with E-state index < -0.39 is 11.7 Å². The number of nitrogens with one attached hydrogen (secondary N) is 1. The maximum absolute atomic E-state index is 11.7. The number of nitrogens with zero attached hydrogens (tertiary/aromatic N) is 3. The summed E-state index contributed by atoms with van der Waals surface area (Å²) in [5.74, 6) is 0.551. The van der Waals surface area contributed by atoms with Crippen LogP contribution in [0.25, 0.3) is 17.0 Å². The van der Waals surface area contributed by atoms with Crippen LogP contribution in [0.5, 0.6) is 0 Å². The van der Waals surface area contributed by atoms with Gasteiger partial charge in [0, 0.05) is 18.0 Å². The van der Waals surface area contributed by atoms with Gasteiger partial charge < -0.3 is 15.2 Å². The number of alkyl carbamates (subject to hydrolysis) is 1. The lowest BCUT2D eigenvalue weighted by molar-refractivity contribution is 0.0523. The Morgan fingerprint density at radius 2 is 1.92 bits per heavy atom. The van der Waals surface area contributed by atoms with Gasteiger partial charge in [0.1, 0.15) is 5.60 Å². The molecular weight excluding hydrogens is 332 g/mol. The van der Waals surface area contributed by atoms with E-state index in [0.717, 1.165) is 16.8 Å². The van der Waals surface area contributed by atoms with Crippen molar-refractivity contribution < 1.29 is 14.6 Å². The highest BCUT2D eigenvalue weighted by Gasteiger charge is 2.16. The van der Waals surface area contributed by atoms with Gasteiger partial charge in [-0.1, -0.05) is 24.3 Å². The molecule has 26 heavy (non-hydrogen) atoms. The summed E-state index contributed by atoms with van der Waals surface area (Å²) in [6, 6.07) is 9.38. The Morgan fingerprint density at radius 3 is 2.58 bits per heavy atom. The zero-order chi connectivity index (χ0) is 18.7. The van der Waals surface area contributed by atoms with Crippen molar-refractivity contribution in [1.29, 1.82) is 0 Å². The predicted molar refractivity (Wildman–Crippen MR) is 97.4 cm³/mol. The molecule has 0 bridgehead atoms. The van der Waals surface area contributed by atoms with Crippen LogP contribution in [0.2, 0.25) is 0 Å². The Hall–Kier alpha value is -2.93. The largest absolute Gasteiger partial charge is 0.444 e. The Kier molecular flexibility index (Phi) is 4.90. The van der Waals surface area contributed by atoms with Crippen molar-refractivity contribution in [2.24, 2.45) is 0 Å². The van der Waals surface area contributed by atoms with E-state index in [1.54, 1.807) is 0 Å². The Balaban J connectivity index is 1.73. The molecule has 0 saturated carbocycles. The summed E-state index contributed by atoms with van der Waals surface area (Å²) in [4.78, 5) is 20.7. The lowest BCUT2D eigenvalue weighted by atomic mass is 10.1. The third-order valence-corrected chi connectivity index (χ3v) is 3.63. The number of ether oxygens (including phenoxy) is 1. The van der Waals surface area contributed by atoms with Gasteiger partial charge >= 0.3 is 6.09 Å². The maximum atomic E-state index is 11.7. The summed E-state index contributed by atoms with van der Waals surface area (Å²) >= 11 is 0. The quantitative estimate of drug-likeness (QED) is 0.752. The van der Waals surface area contributed by atoms with Crippen LogP contribution >= 0.6 is 0 Å². The molecule has 3 rings (SSSR count). The van der Waals surface area contributed by atoms with E-state index in [0.29, 0.717) is 11.5 Å². The van der Waals surface area contributed by atoms with Crippen molar-refractivity contribution in [3.8, 4) is 11.3 Å². The van der Waals surface area contributed by atoms with Crippen LogP contribution in [0, 0.1) is 0 Å². The third-order valence-electron chi connectivity index (χ3n) is 3.63. The first-order valence-corrected chi connectivity index (χ1v) is 8.36. The molecule has 0 spiro atoms. The molecule has 2 aromatic heterocycles. The van der Waals surface area contributed by atoms with Gasteiger partial charge in [-0.15, -0.1) is 0 Å². The van der Waals surface area contributed by atoms with Gasteiger partial charge in [-0.05, 0) is 32.4 Å². The number of amides is 1. The van der Waals surface area contributed by atoms with Gasteiger partial charge in [0.05, 0.1) is 24.5 Å². The molecule has 2 heterocycles. The number of hydrogen-bond donors (Lipinski definition) is 2. The second-order valence-electron chi connectivity index (χ2n) is 6.96. The van der Waals surface area contributed by atoms with E-state index in [-0.39, 0.29) is 13.2 Å². The average molecular weight is 354 g/mol. The highest BCUT2D eigenvalue weighted by atomic mass is 16.6. The number of aliphatic hydroxyl groups excluding tert-OH is 1. The first-order valence-electron chi connectivity index (χ1n) is 8.36. The second kappa shape index (κ2) is 7.13. The van der Waals surface area contributed by atoms with E-state index in [9.17, 15) is 4.79 Å². The van der Waals surface area contributed by atoms with Crippen molar-refractivity contribution in [3.05, 3.63) is 54.0 Å². The molecule has 7 heteroatoms. The number of carbonyl (C=O) groups excluding carboxylic acids is 1. The predicted octanol–water partition coefficient (Wildman–Crippen LogP) is 2.91. The number of hydrogen-bond acceptors (Lipinski definition) is 5. The Labute approximate surface area is 151 Å². The second-order valence-corrected chi connectivity index (χ2v) is 6.96. The minimum Gasteiger partial charge on any atom is -0.444 e. The number of benzene rings is 1. The van der Waals surface area contributed by atoms with Crippen LogP contribution in [0.1, 0.15) is 32.0 Å². The minimum atomic E-state index is -0.537. The molecule has 136 valence electrons. The van der Waals surface area contributed by atoms with Gasteiger partial charge in [-0.2, -0.15) is 0 Å². The van der Waals surface area contributed by atoms with Crippen LogP contribution in [0.3, 0.4) is 0 Å². The molecule has 0 saturated heterocycles. The number of aromatic nitrogens is 3. The zero-order valence-corrected chi connectivity index (χ0v) is 15.1. The first-order chi connectivity index (χ1) is 12.3. The standard InChI is InChI=1S/C19H22N4O3/c1-19(2,3)26-18(25)20-10-15-8-9-23-11-16(22-17(23)21-15)14-6-4-13(12-24)5-7-14/h4-9,11,24H,10,12H2,1-3H3,(H,20,25). The van der Waals surface area contributed by atoms with Crippen molar-refractivity contribution in [1.82, 2.24) is 19.7 Å². The average Bonchev–Trinajstić information content (AvgIpc) is 3.02. The molecule has 2 N–H and O–H groups in total. The van der Waals surface area contributed by atoms with Crippen LogP contribution in [0.15, 0.2) is 42.7 Å². The van der Waals surface area contributed by atoms with Gasteiger partial charge in [0.2, 0.25) is 5.78 Å². The number of aliphatic hydroxyl groups is 1. The summed E-state index contributed by atoms with van der Waals surface area (Å²) in [6.07, 6.45) is 3.26. The van der Waals surface area contributed by atoms with E-state index in [1.165, 1.54) is 0 Å². The molecule has 1 aromatic carbocycles. The summed E-state index contributed by atoms with van der Waals surface area (Å²) in [7, 11) is 0. The highest BCUT2D eigenvalue weighted by molar-refractivity contribution is 5.67. The molecule has 0 radical (unpaired) electrons. The summed E-state index contributed by atoms with van der Waals surface area (Å²) < 4.78 is 7.04. The van der Waals surface area contributed by atoms with E-state index in [4.69, 9.17) is 9.84 Å². The van der Waals surface area contributed by atoms with Crippen LogP contribution in [-0.2, 0) is 17.9 Å².